The fourth-order valence-electron chi connectivity index (χ4n) is 1.72. The Morgan fingerprint density at radius 1 is 1.47 bits per heavy atom. The summed E-state index contributed by atoms with van der Waals surface area (Å²) in [5.41, 5.74) is 1.23. The number of carboxylic acids is 1. The average molecular weight is 300 g/mol. The highest BCUT2D eigenvalue weighted by molar-refractivity contribution is 9.10. The summed E-state index contributed by atoms with van der Waals surface area (Å²) >= 11 is 3.54. The van der Waals surface area contributed by atoms with Crippen LogP contribution in [0.4, 0.5) is 0 Å². The van der Waals surface area contributed by atoms with Crippen LogP contribution in [0, 0.1) is 0 Å². The van der Waals surface area contributed by atoms with E-state index in [-0.39, 0.29) is 12.5 Å². The molecule has 0 saturated carbocycles. The Labute approximate surface area is 111 Å². The first-order valence-electron chi connectivity index (χ1n) is 5.69. The maximum Gasteiger partial charge on any atom is 0.303 e. The molecule has 0 amide bonds. The Bertz CT molecular complexity index is 381. The molecule has 0 bridgehead atoms. The van der Waals surface area contributed by atoms with E-state index in [1.807, 2.05) is 25.2 Å². The topological polar surface area (TPSA) is 40.5 Å². The molecule has 0 aromatic heterocycles. The van der Waals surface area contributed by atoms with E-state index in [0.29, 0.717) is 6.42 Å². The van der Waals surface area contributed by atoms with Gasteiger partial charge in [-0.2, -0.15) is 0 Å². The lowest BCUT2D eigenvalue weighted by atomic mass is 10.1. The molecule has 1 atom stereocenters. The zero-order valence-corrected chi connectivity index (χ0v) is 11.8. The molecule has 1 N–H and O–H groups in total. The molecule has 94 valence electrons. The van der Waals surface area contributed by atoms with Crippen LogP contribution >= 0.6 is 15.9 Å². The number of carboxylic acid groups (broad SMARTS) is 1. The van der Waals surface area contributed by atoms with Gasteiger partial charge in [0, 0.05) is 16.9 Å². The molecule has 1 rings (SSSR count). The molecule has 1 unspecified atom stereocenters. The van der Waals surface area contributed by atoms with Gasteiger partial charge in [0.15, 0.2) is 0 Å². The van der Waals surface area contributed by atoms with Crippen LogP contribution in [0.2, 0.25) is 0 Å². The molecule has 0 aliphatic carbocycles. The Hall–Kier alpha value is -0.870. The Balaban J connectivity index is 2.55. The highest BCUT2D eigenvalue weighted by atomic mass is 79.9. The van der Waals surface area contributed by atoms with E-state index >= 15 is 0 Å². The van der Waals surface area contributed by atoms with Crippen LogP contribution in [-0.4, -0.2) is 29.6 Å². The van der Waals surface area contributed by atoms with E-state index in [1.54, 1.807) is 0 Å². The number of halogens is 1. The van der Waals surface area contributed by atoms with Crippen LogP contribution in [0.1, 0.15) is 31.4 Å². The second kappa shape index (κ2) is 6.77. The van der Waals surface area contributed by atoms with Crippen molar-refractivity contribution in [3.8, 4) is 0 Å². The van der Waals surface area contributed by atoms with E-state index < -0.39 is 5.97 Å². The zero-order valence-electron chi connectivity index (χ0n) is 10.2. The summed E-state index contributed by atoms with van der Waals surface area (Å²) < 4.78 is 1.09. The lowest BCUT2D eigenvalue weighted by molar-refractivity contribution is -0.137. The number of carbonyl (C=O) groups is 1. The summed E-state index contributed by atoms with van der Waals surface area (Å²) in [5.74, 6) is -0.730. The second-order valence-electron chi connectivity index (χ2n) is 4.18. The van der Waals surface area contributed by atoms with Crippen molar-refractivity contribution in [2.45, 2.75) is 25.8 Å². The smallest absolute Gasteiger partial charge is 0.303 e. The minimum atomic E-state index is -0.730. The largest absolute Gasteiger partial charge is 0.481 e. The van der Waals surface area contributed by atoms with Crippen LogP contribution in [0.5, 0.6) is 0 Å². The maximum absolute atomic E-state index is 10.4. The van der Waals surface area contributed by atoms with Crippen molar-refractivity contribution in [2.75, 3.05) is 13.6 Å². The predicted octanol–water partition coefficient (Wildman–Crippen LogP) is 3.31. The van der Waals surface area contributed by atoms with Crippen LogP contribution in [0.15, 0.2) is 28.7 Å². The number of nitrogens with zero attached hydrogens (tertiary/aromatic N) is 1. The summed E-state index contributed by atoms with van der Waals surface area (Å²) in [5, 5.41) is 8.60. The number of hydrogen-bond donors (Lipinski definition) is 1. The molecule has 1 aromatic carbocycles. The van der Waals surface area contributed by atoms with Crippen molar-refractivity contribution in [2.24, 2.45) is 0 Å². The van der Waals surface area contributed by atoms with E-state index in [9.17, 15) is 4.79 Å². The Morgan fingerprint density at radius 2 is 2.12 bits per heavy atom. The van der Waals surface area contributed by atoms with Crippen molar-refractivity contribution in [1.82, 2.24) is 4.90 Å². The average Bonchev–Trinajstić information content (AvgIpc) is 2.28. The molecule has 0 aliphatic heterocycles. The Morgan fingerprint density at radius 3 is 2.71 bits per heavy atom. The molecule has 1 aromatic rings. The molecule has 17 heavy (non-hydrogen) atoms. The van der Waals surface area contributed by atoms with Crippen molar-refractivity contribution in [1.29, 1.82) is 0 Å². The SMILES string of the molecule is CC(c1ccccc1Br)N(C)CCCC(=O)O. The number of rotatable bonds is 6. The molecular weight excluding hydrogens is 282 g/mol. The van der Waals surface area contributed by atoms with Gasteiger partial charge in [-0.05, 0) is 38.6 Å². The highest BCUT2D eigenvalue weighted by Crippen LogP contribution is 2.26. The minimum Gasteiger partial charge on any atom is -0.481 e. The number of aliphatic carboxylic acids is 1. The third kappa shape index (κ3) is 4.48. The van der Waals surface area contributed by atoms with Gasteiger partial charge in [-0.25, -0.2) is 0 Å². The molecule has 0 fully saturated rings. The van der Waals surface area contributed by atoms with E-state index in [1.165, 1.54) is 5.56 Å². The maximum atomic E-state index is 10.4. The van der Waals surface area contributed by atoms with Gasteiger partial charge in [-0.1, -0.05) is 34.1 Å². The third-order valence-electron chi connectivity index (χ3n) is 2.92. The Kier molecular flexibility index (Phi) is 5.65. The van der Waals surface area contributed by atoms with Crippen LogP contribution in [-0.2, 0) is 4.79 Å². The van der Waals surface area contributed by atoms with E-state index in [2.05, 4.69) is 33.8 Å². The molecule has 0 aliphatic rings. The highest BCUT2D eigenvalue weighted by Gasteiger charge is 2.13. The molecule has 0 saturated heterocycles. The van der Waals surface area contributed by atoms with Crippen molar-refractivity contribution in [3.05, 3.63) is 34.3 Å². The summed E-state index contributed by atoms with van der Waals surface area (Å²) in [6, 6.07) is 8.39. The molecule has 4 heteroatoms. The monoisotopic (exact) mass is 299 g/mol. The third-order valence-corrected chi connectivity index (χ3v) is 3.64. The lowest BCUT2D eigenvalue weighted by Crippen LogP contribution is -2.24. The van der Waals surface area contributed by atoms with Gasteiger partial charge in [0.25, 0.3) is 0 Å². The lowest BCUT2D eigenvalue weighted by Gasteiger charge is -2.25. The van der Waals surface area contributed by atoms with Gasteiger partial charge in [-0.3, -0.25) is 9.69 Å². The minimum absolute atomic E-state index is 0.229. The number of benzene rings is 1. The van der Waals surface area contributed by atoms with Gasteiger partial charge in [0.05, 0.1) is 0 Å². The van der Waals surface area contributed by atoms with E-state index in [4.69, 9.17) is 5.11 Å². The number of hydrogen-bond acceptors (Lipinski definition) is 2. The molecule has 0 heterocycles. The molecular formula is C13H18BrNO2. The van der Waals surface area contributed by atoms with Crippen LogP contribution in [0.25, 0.3) is 0 Å². The first-order chi connectivity index (χ1) is 8.02. The second-order valence-corrected chi connectivity index (χ2v) is 5.03. The van der Waals surface area contributed by atoms with Gasteiger partial charge in [0.1, 0.15) is 0 Å². The van der Waals surface area contributed by atoms with Gasteiger partial charge in [0.2, 0.25) is 0 Å². The standard InChI is InChI=1S/C13H18BrNO2/c1-10(11-6-3-4-7-12(11)14)15(2)9-5-8-13(16)17/h3-4,6-7,10H,5,8-9H2,1-2H3,(H,16,17). The summed E-state index contributed by atoms with van der Waals surface area (Å²) in [4.78, 5) is 12.6. The first kappa shape index (κ1) is 14.2. The molecule has 0 spiro atoms. The fourth-order valence-corrected chi connectivity index (χ4v) is 2.34. The summed E-state index contributed by atoms with van der Waals surface area (Å²) in [7, 11) is 2.02. The van der Waals surface area contributed by atoms with Gasteiger partial charge >= 0.3 is 5.97 Å². The zero-order chi connectivity index (χ0) is 12.8. The molecule has 0 radical (unpaired) electrons. The van der Waals surface area contributed by atoms with Crippen LogP contribution in [0.3, 0.4) is 0 Å². The van der Waals surface area contributed by atoms with Crippen molar-refractivity contribution >= 4 is 21.9 Å². The predicted molar refractivity (Wildman–Crippen MR) is 72.1 cm³/mol. The van der Waals surface area contributed by atoms with E-state index in [0.717, 1.165) is 11.0 Å². The first-order valence-corrected chi connectivity index (χ1v) is 6.48. The molecule has 3 nitrogen and oxygen atoms in total. The van der Waals surface area contributed by atoms with Gasteiger partial charge < -0.3 is 5.11 Å². The quantitative estimate of drug-likeness (QED) is 0.876. The van der Waals surface area contributed by atoms with Crippen LogP contribution < -0.4 is 0 Å². The van der Waals surface area contributed by atoms with Crippen molar-refractivity contribution < 1.29 is 9.90 Å². The summed E-state index contributed by atoms with van der Waals surface area (Å²) in [6.45, 7) is 2.91. The fraction of sp³-hybridized carbons (Fsp3) is 0.462. The summed E-state index contributed by atoms with van der Waals surface area (Å²) in [6.07, 6.45) is 0.910. The van der Waals surface area contributed by atoms with Gasteiger partial charge in [-0.15, -0.1) is 0 Å². The van der Waals surface area contributed by atoms with Crippen molar-refractivity contribution in [3.63, 3.8) is 0 Å². The normalized spacial score (nSPS) is 12.7.